The standard InChI is InChI=1S/C13H19FINO/c1-10(2)5-7-17-8-6-16-13-4-3-11(14)9-12(13)15/h3-4,9-10,16H,5-8H2,1-2H3. The third-order valence-electron chi connectivity index (χ3n) is 2.33. The number of nitrogens with one attached hydrogen (secondary N) is 1. The Morgan fingerprint density at radius 2 is 2.12 bits per heavy atom. The molecule has 0 aliphatic carbocycles. The lowest BCUT2D eigenvalue weighted by Crippen LogP contribution is -2.11. The Morgan fingerprint density at radius 3 is 2.76 bits per heavy atom. The molecule has 0 bridgehead atoms. The van der Waals surface area contributed by atoms with Gasteiger partial charge in [-0.2, -0.15) is 0 Å². The molecule has 0 saturated heterocycles. The molecule has 4 heteroatoms. The van der Waals surface area contributed by atoms with Gasteiger partial charge in [0.05, 0.1) is 6.61 Å². The topological polar surface area (TPSA) is 21.3 Å². The predicted octanol–water partition coefficient (Wildman–Crippen LogP) is 3.90. The second-order valence-electron chi connectivity index (χ2n) is 4.35. The Morgan fingerprint density at radius 1 is 1.35 bits per heavy atom. The molecule has 0 fully saturated rings. The maximum atomic E-state index is 12.9. The lowest BCUT2D eigenvalue weighted by atomic mass is 10.1. The van der Waals surface area contributed by atoms with E-state index in [1.54, 1.807) is 6.07 Å². The van der Waals surface area contributed by atoms with Crippen molar-refractivity contribution in [3.05, 3.63) is 27.6 Å². The number of hydrogen-bond donors (Lipinski definition) is 1. The maximum Gasteiger partial charge on any atom is 0.124 e. The van der Waals surface area contributed by atoms with E-state index in [0.29, 0.717) is 12.5 Å². The van der Waals surface area contributed by atoms with Crippen LogP contribution >= 0.6 is 22.6 Å². The fraction of sp³-hybridized carbons (Fsp3) is 0.538. The summed E-state index contributed by atoms with van der Waals surface area (Å²) in [6.45, 7) is 6.60. The molecule has 0 amide bonds. The molecule has 1 rings (SSSR count). The van der Waals surface area contributed by atoms with E-state index in [1.807, 2.05) is 0 Å². The Hall–Kier alpha value is -0.360. The van der Waals surface area contributed by atoms with Crippen molar-refractivity contribution < 1.29 is 9.13 Å². The summed E-state index contributed by atoms with van der Waals surface area (Å²) < 4.78 is 19.2. The summed E-state index contributed by atoms with van der Waals surface area (Å²) in [5.41, 5.74) is 0.958. The van der Waals surface area contributed by atoms with Gasteiger partial charge in [-0.15, -0.1) is 0 Å². The fourth-order valence-electron chi connectivity index (χ4n) is 1.31. The number of benzene rings is 1. The molecule has 0 unspecified atom stereocenters. The summed E-state index contributed by atoms with van der Waals surface area (Å²) >= 11 is 2.12. The fourth-order valence-corrected chi connectivity index (χ4v) is 1.98. The average molecular weight is 351 g/mol. The van der Waals surface area contributed by atoms with Crippen LogP contribution in [0.25, 0.3) is 0 Å². The largest absolute Gasteiger partial charge is 0.382 e. The van der Waals surface area contributed by atoms with Crippen molar-refractivity contribution in [1.29, 1.82) is 0 Å². The smallest absolute Gasteiger partial charge is 0.124 e. The highest BCUT2D eigenvalue weighted by Gasteiger charge is 2.00. The van der Waals surface area contributed by atoms with Gasteiger partial charge in [-0.3, -0.25) is 0 Å². The first-order valence-corrected chi connectivity index (χ1v) is 6.94. The van der Waals surface area contributed by atoms with Crippen LogP contribution in [0.4, 0.5) is 10.1 Å². The monoisotopic (exact) mass is 351 g/mol. The molecule has 0 aliphatic heterocycles. The second-order valence-corrected chi connectivity index (χ2v) is 5.51. The van der Waals surface area contributed by atoms with Gasteiger partial charge in [-0.05, 0) is 53.1 Å². The molecule has 0 saturated carbocycles. The number of halogens is 2. The minimum atomic E-state index is -0.201. The second kappa shape index (κ2) is 7.87. The van der Waals surface area contributed by atoms with Crippen LogP contribution in [0.1, 0.15) is 20.3 Å². The van der Waals surface area contributed by atoms with Gasteiger partial charge < -0.3 is 10.1 Å². The van der Waals surface area contributed by atoms with Crippen molar-refractivity contribution in [3.63, 3.8) is 0 Å². The minimum absolute atomic E-state index is 0.201. The van der Waals surface area contributed by atoms with Gasteiger partial charge in [0.25, 0.3) is 0 Å². The molecule has 0 spiro atoms. The molecule has 1 aromatic carbocycles. The Bertz CT molecular complexity index is 344. The summed E-state index contributed by atoms with van der Waals surface area (Å²) in [5.74, 6) is 0.481. The Balaban J connectivity index is 2.18. The van der Waals surface area contributed by atoms with Crippen molar-refractivity contribution in [2.75, 3.05) is 25.1 Å². The zero-order valence-corrected chi connectivity index (χ0v) is 12.5. The number of anilines is 1. The van der Waals surface area contributed by atoms with Gasteiger partial charge in [-0.25, -0.2) is 4.39 Å². The number of rotatable bonds is 7. The lowest BCUT2D eigenvalue weighted by Gasteiger charge is -2.10. The van der Waals surface area contributed by atoms with E-state index in [-0.39, 0.29) is 5.82 Å². The molecule has 1 N–H and O–H groups in total. The van der Waals surface area contributed by atoms with Crippen LogP contribution in [0.3, 0.4) is 0 Å². The molecular formula is C13H19FINO. The summed E-state index contributed by atoms with van der Waals surface area (Å²) in [7, 11) is 0. The van der Waals surface area contributed by atoms with Crippen LogP contribution in [0.5, 0.6) is 0 Å². The third-order valence-corrected chi connectivity index (χ3v) is 3.23. The van der Waals surface area contributed by atoms with Crippen LogP contribution in [-0.4, -0.2) is 19.8 Å². The summed E-state index contributed by atoms with van der Waals surface area (Å²) in [4.78, 5) is 0. The number of ether oxygens (including phenoxy) is 1. The van der Waals surface area contributed by atoms with E-state index in [1.165, 1.54) is 12.1 Å². The van der Waals surface area contributed by atoms with Crippen LogP contribution in [0, 0.1) is 15.3 Å². The SMILES string of the molecule is CC(C)CCOCCNc1ccc(F)cc1I. The molecule has 0 aromatic heterocycles. The number of hydrogen-bond acceptors (Lipinski definition) is 2. The zero-order valence-electron chi connectivity index (χ0n) is 10.3. The Labute approximate surface area is 116 Å². The van der Waals surface area contributed by atoms with Gasteiger partial charge >= 0.3 is 0 Å². The molecule has 1 aromatic rings. The first-order chi connectivity index (χ1) is 8.09. The highest BCUT2D eigenvalue weighted by atomic mass is 127. The van der Waals surface area contributed by atoms with Crippen LogP contribution in [-0.2, 0) is 4.74 Å². The van der Waals surface area contributed by atoms with Gasteiger partial charge in [0.2, 0.25) is 0 Å². The third kappa shape index (κ3) is 6.21. The molecule has 17 heavy (non-hydrogen) atoms. The van der Waals surface area contributed by atoms with Crippen LogP contribution in [0.2, 0.25) is 0 Å². The molecule has 0 heterocycles. The molecule has 0 radical (unpaired) electrons. The quantitative estimate of drug-likeness (QED) is 0.594. The summed E-state index contributed by atoms with van der Waals surface area (Å²) in [6.07, 6.45) is 1.09. The molecule has 0 aliphatic rings. The molecule has 2 nitrogen and oxygen atoms in total. The highest BCUT2D eigenvalue weighted by Crippen LogP contribution is 2.18. The zero-order chi connectivity index (χ0) is 12.7. The van der Waals surface area contributed by atoms with E-state index in [9.17, 15) is 4.39 Å². The molecule has 0 atom stereocenters. The maximum absolute atomic E-state index is 12.9. The summed E-state index contributed by atoms with van der Waals surface area (Å²) in [6, 6.07) is 4.73. The van der Waals surface area contributed by atoms with Crippen molar-refractivity contribution in [2.45, 2.75) is 20.3 Å². The predicted molar refractivity (Wildman–Crippen MR) is 77.9 cm³/mol. The van der Waals surface area contributed by atoms with E-state index < -0.39 is 0 Å². The van der Waals surface area contributed by atoms with Crippen molar-refractivity contribution in [2.24, 2.45) is 5.92 Å². The van der Waals surface area contributed by atoms with Gasteiger partial charge in [0, 0.05) is 22.4 Å². The van der Waals surface area contributed by atoms with Crippen LogP contribution in [0.15, 0.2) is 18.2 Å². The Kier molecular flexibility index (Phi) is 6.80. The van der Waals surface area contributed by atoms with Gasteiger partial charge in [0.15, 0.2) is 0 Å². The van der Waals surface area contributed by atoms with Gasteiger partial charge in [0.1, 0.15) is 5.82 Å². The molecule has 96 valence electrons. The first-order valence-electron chi connectivity index (χ1n) is 5.86. The van der Waals surface area contributed by atoms with Crippen LogP contribution < -0.4 is 5.32 Å². The lowest BCUT2D eigenvalue weighted by molar-refractivity contribution is 0.132. The summed E-state index contributed by atoms with van der Waals surface area (Å²) in [5, 5.41) is 3.23. The van der Waals surface area contributed by atoms with Gasteiger partial charge in [-0.1, -0.05) is 13.8 Å². The van der Waals surface area contributed by atoms with Crippen molar-refractivity contribution in [3.8, 4) is 0 Å². The van der Waals surface area contributed by atoms with E-state index >= 15 is 0 Å². The average Bonchev–Trinajstić information content (AvgIpc) is 2.25. The van der Waals surface area contributed by atoms with E-state index in [4.69, 9.17) is 4.74 Å². The minimum Gasteiger partial charge on any atom is -0.382 e. The highest BCUT2D eigenvalue weighted by molar-refractivity contribution is 14.1. The molecular weight excluding hydrogens is 332 g/mol. The van der Waals surface area contributed by atoms with Crippen molar-refractivity contribution in [1.82, 2.24) is 0 Å². The van der Waals surface area contributed by atoms with Crippen molar-refractivity contribution >= 4 is 28.3 Å². The van der Waals surface area contributed by atoms with E-state index in [2.05, 4.69) is 41.8 Å². The first kappa shape index (κ1) is 14.7. The normalized spacial score (nSPS) is 10.9. The van der Waals surface area contributed by atoms with E-state index in [0.717, 1.165) is 28.8 Å².